The number of methoxy groups -OCH3 is 1. The highest BCUT2D eigenvalue weighted by atomic mass is 16.5. The van der Waals surface area contributed by atoms with Crippen molar-refractivity contribution in [2.45, 2.75) is 57.3 Å². The molecule has 20 heavy (non-hydrogen) atoms. The summed E-state index contributed by atoms with van der Waals surface area (Å²) in [5, 5.41) is 3.72. The molecule has 0 amide bonds. The lowest BCUT2D eigenvalue weighted by atomic mass is 9.98. The maximum Gasteiger partial charge on any atom is 0.121 e. The molecule has 3 heteroatoms. The summed E-state index contributed by atoms with van der Waals surface area (Å²) in [6.45, 7) is 3.15. The van der Waals surface area contributed by atoms with E-state index in [1.165, 1.54) is 36.8 Å². The van der Waals surface area contributed by atoms with Crippen molar-refractivity contribution in [2.75, 3.05) is 14.2 Å². The molecule has 110 valence electrons. The number of hydrogen-bond donors (Lipinski definition) is 1. The Morgan fingerprint density at radius 1 is 1.25 bits per heavy atom. The third-order valence-corrected chi connectivity index (χ3v) is 4.96. The molecule has 2 saturated heterocycles. The van der Waals surface area contributed by atoms with E-state index in [9.17, 15) is 0 Å². The lowest BCUT2D eigenvalue weighted by Crippen LogP contribution is -2.46. The number of hydrogen-bond acceptors (Lipinski definition) is 3. The van der Waals surface area contributed by atoms with Crippen molar-refractivity contribution in [1.29, 1.82) is 0 Å². The maximum atomic E-state index is 5.34. The fourth-order valence-electron chi connectivity index (χ4n) is 3.84. The van der Waals surface area contributed by atoms with Crippen molar-refractivity contribution in [3.63, 3.8) is 0 Å². The molecule has 2 aliphatic heterocycles. The van der Waals surface area contributed by atoms with Gasteiger partial charge in [0.15, 0.2) is 0 Å². The lowest BCUT2D eigenvalue weighted by molar-refractivity contribution is 0.166. The smallest absolute Gasteiger partial charge is 0.121 e. The van der Waals surface area contributed by atoms with Crippen LogP contribution < -0.4 is 10.1 Å². The van der Waals surface area contributed by atoms with Gasteiger partial charge < -0.3 is 10.1 Å². The normalized spacial score (nSPS) is 28.9. The first-order valence-corrected chi connectivity index (χ1v) is 7.75. The second-order valence-electron chi connectivity index (χ2n) is 6.48. The van der Waals surface area contributed by atoms with Crippen LogP contribution in [0.5, 0.6) is 5.75 Å². The van der Waals surface area contributed by atoms with Crippen LogP contribution in [0.1, 0.15) is 36.8 Å². The first-order chi connectivity index (χ1) is 9.65. The molecule has 0 spiro atoms. The summed E-state index contributed by atoms with van der Waals surface area (Å²) in [5.74, 6) is 0.983. The standard InChI is InChI=1S/C17H26N2O/c1-12-8-13(4-7-17(12)20-3)11-19(2)16-9-14-5-6-15(10-16)18-14/h4,7-8,14-16,18H,5-6,9-11H2,1-3H3. The monoisotopic (exact) mass is 274 g/mol. The summed E-state index contributed by atoms with van der Waals surface area (Å²) < 4.78 is 5.34. The average Bonchev–Trinajstić information content (AvgIpc) is 2.77. The molecule has 2 aliphatic rings. The van der Waals surface area contributed by atoms with Crippen molar-refractivity contribution in [2.24, 2.45) is 0 Å². The summed E-state index contributed by atoms with van der Waals surface area (Å²) >= 11 is 0. The van der Waals surface area contributed by atoms with Crippen molar-refractivity contribution in [3.05, 3.63) is 29.3 Å². The van der Waals surface area contributed by atoms with E-state index < -0.39 is 0 Å². The molecular weight excluding hydrogens is 248 g/mol. The highest BCUT2D eigenvalue weighted by Crippen LogP contribution is 2.30. The van der Waals surface area contributed by atoms with E-state index in [0.29, 0.717) is 0 Å². The van der Waals surface area contributed by atoms with Gasteiger partial charge in [-0.25, -0.2) is 0 Å². The molecule has 1 aromatic carbocycles. The third kappa shape index (κ3) is 2.84. The van der Waals surface area contributed by atoms with Gasteiger partial charge in [0.25, 0.3) is 0 Å². The van der Waals surface area contributed by atoms with Crippen LogP contribution in [0.15, 0.2) is 18.2 Å². The van der Waals surface area contributed by atoms with Crippen LogP contribution in [0.25, 0.3) is 0 Å². The van der Waals surface area contributed by atoms with Gasteiger partial charge in [0, 0.05) is 24.7 Å². The molecule has 2 heterocycles. The van der Waals surface area contributed by atoms with Crippen LogP contribution in [-0.4, -0.2) is 37.2 Å². The molecular formula is C17H26N2O. The summed E-state index contributed by atoms with van der Waals surface area (Å²) in [7, 11) is 4.01. The molecule has 1 aromatic rings. The van der Waals surface area contributed by atoms with E-state index in [4.69, 9.17) is 4.74 Å². The van der Waals surface area contributed by atoms with E-state index in [1.54, 1.807) is 7.11 Å². The Labute approximate surface area is 122 Å². The number of nitrogens with one attached hydrogen (secondary N) is 1. The Morgan fingerprint density at radius 3 is 2.55 bits per heavy atom. The molecule has 1 N–H and O–H groups in total. The number of ether oxygens (including phenoxy) is 1. The first kappa shape index (κ1) is 13.9. The van der Waals surface area contributed by atoms with Gasteiger partial charge in [-0.1, -0.05) is 12.1 Å². The number of nitrogens with zero attached hydrogens (tertiary/aromatic N) is 1. The van der Waals surface area contributed by atoms with Crippen LogP contribution >= 0.6 is 0 Å². The minimum atomic E-state index is 0.733. The first-order valence-electron chi connectivity index (χ1n) is 7.75. The fourth-order valence-corrected chi connectivity index (χ4v) is 3.84. The Kier molecular flexibility index (Phi) is 3.99. The van der Waals surface area contributed by atoms with Gasteiger partial charge in [-0.3, -0.25) is 4.90 Å². The summed E-state index contributed by atoms with van der Waals surface area (Å²) in [4.78, 5) is 2.54. The van der Waals surface area contributed by atoms with Crippen LogP contribution in [0.3, 0.4) is 0 Å². The van der Waals surface area contributed by atoms with Gasteiger partial charge >= 0.3 is 0 Å². The summed E-state index contributed by atoms with van der Waals surface area (Å²) in [5.41, 5.74) is 2.61. The SMILES string of the molecule is COc1ccc(CN(C)C2CC3CCC(C2)N3)cc1C. The average molecular weight is 274 g/mol. The lowest BCUT2D eigenvalue weighted by Gasteiger charge is -2.35. The quantitative estimate of drug-likeness (QED) is 0.913. The van der Waals surface area contributed by atoms with Gasteiger partial charge in [-0.05, 0) is 56.8 Å². The zero-order chi connectivity index (χ0) is 14.1. The van der Waals surface area contributed by atoms with Gasteiger partial charge in [-0.15, -0.1) is 0 Å². The molecule has 0 aliphatic carbocycles. The van der Waals surface area contributed by atoms with E-state index in [0.717, 1.165) is 30.4 Å². The van der Waals surface area contributed by atoms with Crippen LogP contribution in [0, 0.1) is 6.92 Å². The Morgan fingerprint density at radius 2 is 1.95 bits per heavy atom. The van der Waals surface area contributed by atoms with Crippen molar-refractivity contribution in [1.82, 2.24) is 10.2 Å². The molecule has 2 fully saturated rings. The van der Waals surface area contributed by atoms with E-state index in [-0.39, 0.29) is 0 Å². The minimum Gasteiger partial charge on any atom is -0.496 e. The van der Waals surface area contributed by atoms with Crippen LogP contribution in [0.4, 0.5) is 0 Å². The highest BCUT2D eigenvalue weighted by Gasteiger charge is 2.34. The molecule has 0 saturated carbocycles. The Balaban J connectivity index is 1.63. The summed E-state index contributed by atoms with van der Waals surface area (Å²) in [6, 6.07) is 8.79. The van der Waals surface area contributed by atoms with E-state index >= 15 is 0 Å². The largest absolute Gasteiger partial charge is 0.496 e. The van der Waals surface area contributed by atoms with E-state index in [2.05, 4.69) is 42.4 Å². The molecule has 0 aromatic heterocycles. The van der Waals surface area contributed by atoms with Gasteiger partial charge in [0.05, 0.1) is 7.11 Å². The topological polar surface area (TPSA) is 24.5 Å². The Bertz CT molecular complexity index is 462. The van der Waals surface area contributed by atoms with Gasteiger partial charge in [0.2, 0.25) is 0 Å². The summed E-state index contributed by atoms with van der Waals surface area (Å²) in [6.07, 6.45) is 5.36. The second kappa shape index (κ2) is 5.74. The second-order valence-corrected chi connectivity index (χ2v) is 6.48. The fraction of sp³-hybridized carbons (Fsp3) is 0.647. The predicted octanol–water partition coefficient (Wildman–Crippen LogP) is 2.72. The van der Waals surface area contributed by atoms with Crippen molar-refractivity contribution in [3.8, 4) is 5.75 Å². The number of aryl methyl sites for hydroxylation is 1. The number of rotatable bonds is 4. The highest BCUT2D eigenvalue weighted by molar-refractivity contribution is 5.36. The molecule has 3 rings (SSSR count). The van der Waals surface area contributed by atoms with Gasteiger partial charge in [0.1, 0.15) is 5.75 Å². The van der Waals surface area contributed by atoms with Gasteiger partial charge in [-0.2, -0.15) is 0 Å². The third-order valence-electron chi connectivity index (χ3n) is 4.96. The molecule has 2 atom stereocenters. The molecule has 3 nitrogen and oxygen atoms in total. The predicted molar refractivity (Wildman–Crippen MR) is 82.2 cm³/mol. The van der Waals surface area contributed by atoms with E-state index in [1.807, 2.05) is 0 Å². The van der Waals surface area contributed by atoms with Crippen molar-refractivity contribution >= 4 is 0 Å². The van der Waals surface area contributed by atoms with Crippen LogP contribution in [-0.2, 0) is 6.54 Å². The van der Waals surface area contributed by atoms with Crippen LogP contribution in [0.2, 0.25) is 0 Å². The van der Waals surface area contributed by atoms with Crippen molar-refractivity contribution < 1.29 is 4.74 Å². The Hall–Kier alpha value is -1.06. The minimum absolute atomic E-state index is 0.733. The molecule has 2 bridgehead atoms. The zero-order valence-corrected chi connectivity index (χ0v) is 12.9. The molecule has 0 radical (unpaired) electrons. The zero-order valence-electron chi connectivity index (χ0n) is 12.9. The number of fused-ring (bicyclic) bond motifs is 2. The number of piperidine rings is 1. The number of benzene rings is 1. The molecule has 2 unspecified atom stereocenters. The maximum absolute atomic E-state index is 5.34.